The Morgan fingerprint density at radius 2 is 2.22 bits per heavy atom. The second-order valence-corrected chi connectivity index (χ2v) is 5.21. The normalized spacial score (nSPS) is 20.3. The molecule has 1 aliphatic heterocycles. The Morgan fingerprint density at radius 3 is 2.94 bits per heavy atom. The van der Waals surface area contributed by atoms with Crippen molar-refractivity contribution in [1.82, 2.24) is 4.90 Å². The van der Waals surface area contributed by atoms with Gasteiger partial charge in [0, 0.05) is 19.6 Å². The SMILES string of the molecule is Cc1ccc(C)c(OCCCN2CC[C@@H](O)C2)c1. The number of β-amino-alcohol motifs (C(OH)–C–C–N with tert-alkyl or cyclic N) is 1. The van der Waals surface area contributed by atoms with Crippen molar-refractivity contribution in [2.24, 2.45) is 0 Å². The molecular formula is C15H23NO2. The lowest BCUT2D eigenvalue weighted by molar-refractivity contribution is 0.173. The van der Waals surface area contributed by atoms with E-state index in [1.54, 1.807) is 0 Å². The molecule has 2 rings (SSSR count). The number of hydrogen-bond acceptors (Lipinski definition) is 3. The molecule has 0 aromatic heterocycles. The van der Waals surface area contributed by atoms with Crippen LogP contribution in [0.3, 0.4) is 0 Å². The third-order valence-electron chi connectivity index (χ3n) is 3.47. The van der Waals surface area contributed by atoms with E-state index in [-0.39, 0.29) is 6.10 Å². The van der Waals surface area contributed by atoms with Gasteiger partial charge >= 0.3 is 0 Å². The van der Waals surface area contributed by atoms with Gasteiger partial charge in [0.05, 0.1) is 12.7 Å². The van der Waals surface area contributed by atoms with Gasteiger partial charge in [-0.05, 0) is 43.9 Å². The molecule has 1 saturated heterocycles. The number of hydrogen-bond donors (Lipinski definition) is 1. The summed E-state index contributed by atoms with van der Waals surface area (Å²) in [7, 11) is 0. The Kier molecular flexibility index (Phi) is 4.61. The maximum atomic E-state index is 9.43. The minimum absolute atomic E-state index is 0.120. The molecule has 0 aliphatic carbocycles. The van der Waals surface area contributed by atoms with Gasteiger partial charge in [-0.3, -0.25) is 0 Å². The third kappa shape index (κ3) is 3.72. The number of aryl methyl sites for hydroxylation is 2. The zero-order valence-electron chi connectivity index (χ0n) is 11.4. The zero-order valence-corrected chi connectivity index (χ0v) is 11.4. The molecule has 0 saturated carbocycles. The van der Waals surface area contributed by atoms with Crippen LogP contribution in [0, 0.1) is 13.8 Å². The van der Waals surface area contributed by atoms with Gasteiger partial charge in [0.15, 0.2) is 0 Å². The van der Waals surface area contributed by atoms with Crippen LogP contribution in [0.1, 0.15) is 24.0 Å². The molecular weight excluding hydrogens is 226 g/mol. The van der Waals surface area contributed by atoms with Crippen molar-refractivity contribution in [3.8, 4) is 5.75 Å². The summed E-state index contributed by atoms with van der Waals surface area (Å²) in [4.78, 5) is 2.30. The summed E-state index contributed by atoms with van der Waals surface area (Å²) in [5.41, 5.74) is 2.43. The van der Waals surface area contributed by atoms with Crippen LogP contribution < -0.4 is 4.74 Å². The Labute approximate surface area is 109 Å². The number of aliphatic hydroxyl groups excluding tert-OH is 1. The second-order valence-electron chi connectivity index (χ2n) is 5.21. The van der Waals surface area contributed by atoms with E-state index in [1.165, 1.54) is 11.1 Å². The fourth-order valence-electron chi connectivity index (χ4n) is 2.35. The Balaban J connectivity index is 1.70. The first-order chi connectivity index (χ1) is 8.65. The molecule has 0 amide bonds. The van der Waals surface area contributed by atoms with Crippen LogP contribution in [-0.4, -0.2) is 42.4 Å². The third-order valence-corrected chi connectivity index (χ3v) is 3.47. The molecule has 3 heteroatoms. The summed E-state index contributed by atoms with van der Waals surface area (Å²) in [6.07, 6.45) is 1.81. The molecule has 0 spiro atoms. The predicted molar refractivity (Wildman–Crippen MR) is 73.1 cm³/mol. The van der Waals surface area contributed by atoms with Crippen LogP contribution in [0.25, 0.3) is 0 Å². The molecule has 1 aromatic rings. The average molecular weight is 249 g/mol. The van der Waals surface area contributed by atoms with Crippen molar-refractivity contribution in [2.45, 2.75) is 32.8 Å². The standard InChI is InChI=1S/C15H23NO2/c1-12-4-5-13(2)15(10-12)18-9-3-7-16-8-6-14(17)11-16/h4-5,10,14,17H,3,6-9,11H2,1-2H3/t14-/m1/s1. The second kappa shape index (κ2) is 6.21. The number of rotatable bonds is 5. The van der Waals surface area contributed by atoms with Crippen LogP contribution in [-0.2, 0) is 0 Å². The molecule has 3 nitrogen and oxygen atoms in total. The van der Waals surface area contributed by atoms with Gasteiger partial charge in [-0.2, -0.15) is 0 Å². The maximum Gasteiger partial charge on any atom is 0.122 e. The van der Waals surface area contributed by atoms with Crippen molar-refractivity contribution in [3.63, 3.8) is 0 Å². The molecule has 0 unspecified atom stereocenters. The molecule has 1 atom stereocenters. The number of aliphatic hydroxyl groups is 1. The maximum absolute atomic E-state index is 9.43. The van der Waals surface area contributed by atoms with Crippen molar-refractivity contribution in [3.05, 3.63) is 29.3 Å². The minimum atomic E-state index is -0.120. The fraction of sp³-hybridized carbons (Fsp3) is 0.600. The van der Waals surface area contributed by atoms with Crippen LogP contribution in [0.2, 0.25) is 0 Å². The molecule has 1 heterocycles. The molecule has 0 radical (unpaired) electrons. The Hall–Kier alpha value is -1.06. The lowest BCUT2D eigenvalue weighted by atomic mass is 10.1. The zero-order chi connectivity index (χ0) is 13.0. The van der Waals surface area contributed by atoms with Crippen molar-refractivity contribution < 1.29 is 9.84 Å². The smallest absolute Gasteiger partial charge is 0.122 e. The monoisotopic (exact) mass is 249 g/mol. The van der Waals surface area contributed by atoms with Gasteiger partial charge in [-0.1, -0.05) is 12.1 Å². The fourth-order valence-corrected chi connectivity index (χ4v) is 2.35. The molecule has 18 heavy (non-hydrogen) atoms. The van der Waals surface area contributed by atoms with Gasteiger partial charge < -0.3 is 14.7 Å². The van der Waals surface area contributed by atoms with Gasteiger partial charge in [-0.15, -0.1) is 0 Å². The van der Waals surface area contributed by atoms with Crippen LogP contribution in [0.15, 0.2) is 18.2 Å². The highest BCUT2D eigenvalue weighted by molar-refractivity contribution is 5.35. The van der Waals surface area contributed by atoms with Crippen molar-refractivity contribution >= 4 is 0 Å². The molecule has 1 aromatic carbocycles. The number of likely N-dealkylation sites (tertiary alicyclic amines) is 1. The summed E-state index contributed by atoms with van der Waals surface area (Å²) < 4.78 is 5.82. The van der Waals surface area contributed by atoms with Gasteiger partial charge in [0.1, 0.15) is 5.75 Å². The van der Waals surface area contributed by atoms with E-state index in [2.05, 4.69) is 36.9 Å². The van der Waals surface area contributed by atoms with E-state index >= 15 is 0 Å². The summed E-state index contributed by atoms with van der Waals surface area (Å²) in [6.45, 7) is 7.76. The molecule has 1 aliphatic rings. The Bertz CT molecular complexity index is 392. The van der Waals surface area contributed by atoms with E-state index < -0.39 is 0 Å². The summed E-state index contributed by atoms with van der Waals surface area (Å²) in [6, 6.07) is 6.30. The van der Waals surface area contributed by atoms with Crippen LogP contribution >= 0.6 is 0 Å². The van der Waals surface area contributed by atoms with Crippen LogP contribution in [0.5, 0.6) is 5.75 Å². The first-order valence-corrected chi connectivity index (χ1v) is 6.75. The van der Waals surface area contributed by atoms with E-state index in [0.717, 1.165) is 44.8 Å². The predicted octanol–water partition coefficient (Wildman–Crippen LogP) is 2.14. The van der Waals surface area contributed by atoms with E-state index in [4.69, 9.17) is 4.74 Å². The lowest BCUT2D eigenvalue weighted by Crippen LogP contribution is -2.24. The largest absolute Gasteiger partial charge is 0.493 e. The number of ether oxygens (including phenoxy) is 1. The summed E-state index contributed by atoms with van der Waals surface area (Å²) in [5.74, 6) is 0.997. The van der Waals surface area contributed by atoms with E-state index in [1.807, 2.05) is 0 Å². The van der Waals surface area contributed by atoms with Crippen molar-refractivity contribution in [1.29, 1.82) is 0 Å². The quantitative estimate of drug-likeness (QED) is 0.812. The van der Waals surface area contributed by atoms with Crippen LogP contribution in [0.4, 0.5) is 0 Å². The number of benzene rings is 1. The Morgan fingerprint density at radius 1 is 1.39 bits per heavy atom. The van der Waals surface area contributed by atoms with E-state index in [9.17, 15) is 5.11 Å². The van der Waals surface area contributed by atoms with Gasteiger partial charge in [0.2, 0.25) is 0 Å². The molecule has 0 bridgehead atoms. The number of nitrogens with zero attached hydrogens (tertiary/aromatic N) is 1. The first kappa shape index (κ1) is 13.4. The molecule has 100 valence electrons. The molecule has 1 N–H and O–H groups in total. The molecule has 1 fully saturated rings. The summed E-state index contributed by atoms with van der Waals surface area (Å²) in [5, 5.41) is 9.43. The highest BCUT2D eigenvalue weighted by Gasteiger charge is 2.19. The first-order valence-electron chi connectivity index (χ1n) is 6.75. The van der Waals surface area contributed by atoms with Crippen molar-refractivity contribution in [2.75, 3.05) is 26.2 Å². The highest BCUT2D eigenvalue weighted by atomic mass is 16.5. The highest BCUT2D eigenvalue weighted by Crippen LogP contribution is 2.19. The van der Waals surface area contributed by atoms with Gasteiger partial charge in [0.25, 0.3) is 0 Å². The average Bonchev–Trinajstić information content (AvgIpc) is 2.75. The van der Waals surface area contributed by atoms with Gasteiger partial charge in [-0.25, -0.2) is 0 Å². The minimum Gasteiger partial charge on any atom is -0.493 e. The summed E-state index contributed by atoms with van der Waals surface area (Å²) >= 11 is 0. The van der Waals surface area contributed by atoms with E-state index in [0.29, 0.717) is 0 Å². The lowest BCUT2D eigenvalue weighted by Gasteiger charge is -2.15. The topological polar surface area (TPSA) is 32.7 Å².